The van der Waals surface area contributed by atoms with Crippen LogP contribution in [-0.4, -0.2) is 9.89 Å². The van der Waals surface area contributed by atoms with Gasteiger partial charge in [0.1, 0.15) is 0 Å². The minimum Gasteiger partial charge on any atom is -0.323 e. The molecule has 0 aliphatic heterocycles. The lowest BCUT2D eigenvalue weighted by atomic mass is 10.2. The van der Waals surface area contributed by atoms with E-state index in [1.807, 2.05) is 25.1 Å². The lowest BCUT2D eigenvalue weighted by Gasteiger charge is -1.94. The fourth-order valence-electron chi connectivity index (χ4n) is 1.15. The molecular weight excluding hydrogens is 138 g/mol. The van der Waals surface area contributed by atoms with Crippen molar-refractivity contribution in [1.82, 2.24) is 9.89 Å². The van der Waals surface area contributed by atoms with Crippen molar-refractivity contribution >= 4 is 10.9 Å². The van der Waals surface area contributed by atoms with Gasteiger partial charge in [0.15, 0.2) is 0 Å². The molecule has 0 fully saturated rings. The molecule has 56 valence electrons. The van der Waals surface area contributed by atoms with Gasteiger partial charge < -0.3 is 5.84 Å². The summed E-state index contributed by atoms with van der Waals surface area (Å²) in [4.78, 5) is 1.39. The molecule has 0 unspecified atom stereocenters. The summed E-state index contributed by atoms with van der Waals surface area (Å²) in [7, 11) is 0. The molecule has 0 saturated carbocycles. The summed E-state index contributed by atoms with van der Waals surface area (Å²) >= 11 is 0. The predicted octanol–water partition coefficient (Wildman–Crippen LogP) is 1.06. The fraction of sp³-hybridized carbons (Fsp3) is 0.125. The van der Waals surface area contributed by atoms with Crippen molar-refractivity contribution < 1.29 is 0 Å². The standard InChI is InChI=1S/C8H9N3/c1-6-2-3-7-5-10-11(9)8(7)4-6/h2-5H,9H2,1H3. The second kappa shape index (κ2) is 1.99. The number of rotatable bonds is 0. The van der Waals surface area contributed by atoms with Crippen LogP contribution in [0.5, 0.6) is 0 Å². The Morgan fingerprint density at radius 1 is 1.45 bits per heavy atom. The summed E-state index contributed by atoms with van der Waals surface area (Å²) < 4.78 is 0. The van der Waals surface area contributed by atoms with E-state index < -0.39 is 0 Å². The summed E-state index contributed by atoms with van der Waals surface area (Å²) in [6.45, 7) is 2.03. The van der Waals surface area contributed by atoms with Crippen molar-refractivity contribution in [2.45, 2.75) is 6.92 Å². The van der Waals surface area contributed by atoms with Gasteiger partial charge in [0, 0.05) is 5.39 Å². The van der Waals surface area contributed by atoms with E-state index in [0.29, 0.717) is 0 Å². The van der Waals surface area contributed by atoms with E-state index in [1.54, 1.807) is 6.20 Å². The van der Waals surface area contributed by atoms with E-state index in [1.165, 1.54) is 10.4 Å². The number of hydrogen-bond acceptors (Lipinski definition) is 2. The first-order valence-electron chi connectivity index (χ1n) is 3.47. The Bertz CT molecular complexity index is 389. The van der Waals surface area contributed by atoms with Gasteiger partial charge in [0.2, 0.25) is 0 Å². The van der Waals surface area contributed by atoms with Crippen molar-refractivity contribution in [3.63, 3.8) is 0 Å². The minimum atomic E-state index is 0.977. The van der Waals surface area contributed by atoms with Gasteiger partial charge in [-0.3, -0.25) is 0 Å². The van der Waals surface area contributed by atoms with Gasteiger partial charge in [-0.1, -0.05) is 12.1 Å². The van der Waals surface area contributed by atoms with Crippen molar-refractivity contribution in [3.8, 4) is 0 Å². The molecule has 1 aromatic carbocycles. The molecule has 2 N–H and O–H groups in total. The molecule has 0 bridgehead atoms. The normalized spacial score (nSPS) is 10.6. The van der Waals surface area contributed by atoms with E-state index in [-0.39, 0.29) is 0 Å². The molecule has 1 heterocycles. The second-order valence-electron chi connectivity index (χ2n) is 2.65. The molecule has 0 aliphatic rings. The highest BCUT2D eigenvalue weighted by Gasteiger charge is 1.97. The van der Waals surface area contributed by atoms with Crippen LogP contribution in [0, 0.1) is 6.92 Å². The van der Waals surface area contributed by atoms with Crippen LogP contribution >= 0.6 is 0 Å². The molecule has 2 rings (SSSR count). The largest absolute Gasteiger partial charge is 0.323 e. The molecule has 0 amide bonds. The molecule has 1 aromatic heterocycles. The zero-order valence-corrected chi connectivity index (χ0v) is 6.28. The third-order valence-corrected chi connectivity index (χ3v) is 1.75. The van der Waals surface area contributed by atoms with Gasteiger partial charge in [-0.05, 0) is 18.6 Å². The summed E-state index contributed by atoms with van der Waals surface area (Å²) in [5.41, 5.74) is 2.18. The van der Waals surface area contributed by atoms with Crippen LogP contribution in [0.1, 0.15) is 5.56 Å². The number of fused-ring (bicyclic) bond motifs is 1. The smallest absolute Gasteiger partial charge is 0.0918 e. The predicted molar refractivity (Wildman–Crippen MR) is 44.6 cm³/mol. The average Bonchev–Trinajstić information content (AvgIpc) is 2.33. The number of aryl methyl sites for hydroxylation is 1. The van der Waals surface area contributed by atoms with Crippen LogP contribution < -0.4 is 5.84 Å². The lowest BCUT2D eigenvalue weighted by molar-refractivity contribution is 0.862. The summed E-state index contributed by atoms with van der Waals surface area (Å²) in [5, 5.41) is 5.01. The number of nitrogens with two attached hydrogens (primary N) is 1. The van der Waals surface area contributed by atoms with Crippen molar-refractivity contribution in [3.05, 3.63) is 30.0 Å². The van der Waals surface area contributed by atoms with E-state index >= 15 is 0 Å². The number of benzene rings is 1. The highest BCUT2D eigenvalue weighted by molar-refractivity contribution is 5.79. The quantitative estimate of drug-likeness (QED) is 0.566. The van der Waals surface area contributed by atoms with E-state index in [0.717, 1.165) is 10.9 Å². The lowest BCUT2D eigenvalue weighted by Crippen LogP contribution is -2.08. The first kappa shape index (κ1) is 6.22. The van der Waals surface area contributed by atoms with Gasteiger partial charge in [0.25, 0.3) is 0 Å². The third-order valence-electron chi connectivity index (χ3n) is 1.75. The SMILES string of the molecule is Cc1ccc2cnn(N)c2c1. The van der Waals surface area contributed by atoms with Gasteiger partial charge in [-0.2, -0.15) is 9.89 Å². The number of hydrogen-bond donors (Lipinski definition) is 1. The van der Waals surface area contributed by atoms with Crippen LogP contribution in [-0.2, 0) is 0 Å². The highest BCUT2D eigenvalue weighted by atomic mass is 15.5. The van der Waals surface area contributed by atoms with Crippen LogP contribution in [0.2, 0.25) is 0 Å². The Morgan fingerprint density at radius 2 is 2.27 bits per heavy atom. The molecule has 0 saturated heterocycles. The topological polar surface area (TPSA) is 43.8 Å². The Labute approximate surface area is 64.4 Å². The molecule has 2 aromatic rings. The maximum Gasteiger partial charge on any atom is 0.0918 e. The van der Waals surface area contributed by atoms with Crippen molar-refractivity contribution in [2.75, 3.05) is 5.84 Å². The Morgan fingerprint density at radius 3 is 3.09 bits per heavy atom. The van der Waals surface area contributed by atoms with E-state index in [4.69, 9.17) is 5.84 Å². The average molecular weight is 147 g/mol. The highest BCUT2D eigenvalue weighted by Crippen LogP contribution is 2.12. The maximum absolute atomic E-state index is 5.55. The second-order valence-corrected chi connectivity index (χ2v) is 2.65. The van der Waals surface area contributed by atoms with Gasteiger partial charge >= 0.3 is 0 Å². The Hall–Kier alpha value is -1.51. The zero-order valence-electron chi connectivity index (χ0n) is 6.28. The molecule has 3 nitrogen and oxygen atoms in total. The Balaban J connectivity index is 2.87. The summed E-state index contributed by atoms with van der Waals surface area (Å²) in [6.07, 6.45) is 1.76. The van der Waals surface area contributed by atoms with Gasteiger partial charge in [0.05, 0.1) is 11.7 Å². The fourth-order valence-corrected chi connectivity index (χ4v) is 1.15. The summed E-state index contributed by atoms with van der Waals surface area (Å²) in [5.74, 6) is 5.55. The monoisotopic (exact) mass is 147 g/mol. The minimum absolute atomic E-state index is 0.977. The third kappa shape index (κ3) is 0.852. The van der Waals surface area contributed by atoms with E-state index in [9.17, 15) is 0 Å². The number of nitrogen functional groups attached to an aromatic ring is 1. The number of aromatic nitrogens is 2. The van der Waals surface area contributed by atoms with Crippen LogP contribution in [0.15, 0.2) is 24.4 Å². The molecule has 0 atom stereocenters. The summed E-state index contributed by atoms with van der Waals surface area (Å²) in [6, 6.07) is 6.08. The van der Waals surface area contributed by atoms with Crippen LogP contribution in [0.4, 0.5) is 0 Å². The zero-order chi connectivity index (χ0) is 7.84. The first-order chi connectivity index (χ1) is 5.27. The van der Waals surface area contributed by atoms with Gasteiger partial charge in [-0.25, -0.2) is 0 Å². The Kier molecular flexibility index (Phi) is 1.12. The number of nitrogens with zero attached hydrogens (tertiary/aromatic N) is 2. The van der Waals surface area contributed by atoms with Crippen LogP contribution in [0.25, 0.3) is 10.9 Å². The molecule has 0 spiro atoms. The van der Waals surface area contributed by atoms with Gasteiger partial charge in [-0.15, -0.1) is 0 Å². The maximum atomic E-state index is 5.55. The van der Waals surface area contributed by atoms with E-state index in [2.05, 4.69) is 5.10 Å². The van der Waals surface area contributed by atoms with Crippen LogP contribution in [0.3, 0.4) is 0 Å². The molecular formula is C8H9N3. The molecule has 0 radical (unpaired) electrons. The van der Waals surface area contributed by atoms with Crippen molar-refractivity contribution in [2.24, 2.45) is 0 Å². The molecule has 3 heteroatoms. The molecule has 0 aliphatic carbocycles. The molecule has 11 heavy (non-hydrogen) atoms. The van der Waals surface area contributed by atoms with Crippen molar-refractivity contribution in [1.29, 1.82) is 0 Å². The first-order valence-corrected chi connectivity index (χ1v) is 3.47.